The largest absolute Gasteiger partial charge is 0.398 e. The van der Waals surface area contributed by atoms with E-state index in [1.165, 1.54) is 0 Å². The van der Waals surface area contributed by atoms with E-state index < -0.39 is 0 Å². The van der Waals surface area contributed by atoms with Crippen molar-refractivity contribution in [3.63, 3.8) is 0 Å². The molecule has 1 amide bonds. The van der Waals surface area contributed by atoms with Gasteiger partial charge in [0.2, 0.25) is 0 Å². The van der Waals surface area contributed by atoms with E-state index in [1.807, 2.05) is 31.2 Å². The van der Waals surface area contributed by atoms with E-state index in [0.29, 0.717) is 17.3 Å². The van der Waals surface area contributed by atoms with Crippen molar-refractivity contribution in [3.8, 4) is 0 Å². The minimum Gasteiger partial charge on any atom is -0.398 e. The molecule has 0 unspecified atom stereocenters. The highest BCUT2D eigenvalue weighted by Gasteiger charge is 2.10. The second kappa shape index (κ2) is 6.31. The quantitative estimate of drug-likeness (QED) is 0.750. The number of hydrogen-bond acceptors (Lipinski definition) is 3. The average molecular weight is 283 g/mol. The summed E-state index contributed by atoms with van der Waals surface area (Å²) in [5.41, 5.74) is 9.69. The highest BCUT2D eigenvalue weighted by atomic mass is 16.1. The zero-order chi connectivity index (χ0) is 15.4. The molecule has 110 valence electrons. The van der Waals surface area contributed by atoms with Crippen LogP contribution < -0.4 is 16.4 Å². The number of para-hydroxylation sites is 1. The van der Waals surface area contributed by atoms with Crippen molar-refractivity contribution in [1.29, 1.82) is 0 Å². The summed E-state index contributed by atoms with van der Waals surface area (Å²) in [7, 11) is 0. The van der Waals surface area contributed by atoms with E-state index in [2.05, 4.69) is 24.5 Å². The van der Waals surface area contributed by atoms with E-state index in [4.69, 9.17) is 5.73 Å². The third kappa shape index (κ3) is 3.75. The molecule has 0 aromatic heterocycles. The third-order valence-electron chi connectivity index (χ3n) is 3.13. The van der Waals surface area contributed by atoms with E-state index in [1.54, 1.807) is 18.2 Å². The number of anilines is 3. The fourth-order valence-electron chi connectivity index (χ4n) is 2.12. The number of rotatable bonds is 4. The maximum absolute atomic E-state index is 12.2. The van der Waals surface area contributed by atoms with Gasteiger partial charge >= 0.3 is 0 Å². The maximum atomic E-state index is 12.2. The molecule has 0 bridgehead atoms. The Labute approximate surface area is 125 Å². The zero-order valence-electron chi connectivity index (χ0n) is 12.6. The van der Waals surface area contributed by atoms with Gasteiger partial charge in [0.1, 0.15) is 0 Å². The molecule has 0 aliphatic rings. The van der Waals surface area contributed by atoms with Crippen LogP contribution in [0.5, 0.6) is 0 Å². The highest BCUT2D eigenvalue weighted by molar-refractivity contribution is 6.07. The van der Waals surface area contributed by atoms with Crippen LogP contribution in [0, 0.1) is 6.92 Å². The van der Waals surface area contributed by atoms with E-state index in [9.17, 15) is 4.79 Å². The summed E-state index contributed by atoms with van der Waals surface area (Å²) in [4.78, 5) is 12.2. The average Bonchev–Trinajstić information content (AvgIpc) is 2.42. The van der Waals surface area contributed by atoms with Crippen molar-refractivity contribution in [2.45, 2.75) is 26.8 Å². The molecule has 0 saturated heterocycles. The smallest absolute Gasteiger partial charge is 0.257 e. The van der Waals surface area contributed by atoms with Crippen molar-refractivity contribution in [3.05, 3.63) is 53.6 Å². The van der Waals surface area contributed by atoms with Crippen LogP contribution in [0.15, 0.2) is 42.5 Å². The lowest BCUT2D eigenvalue weighted by atomic mass is 10.1. The fraction of sp³-hybridized carbons (Fsp3) is 0.235. The van der Waals surface area contributed by atoms with E-state index in [0.717, 1.165) is 16.9 Å². The van der Waals surface area contributed by atoms with E-state index >= 15 is 0 Å². The molecule has 2 aromatic rings. The van der Waals surface area contributed by atoms with Gasteiger partial charge in [-0.05, 0) is 56.7 Å². The topological polar surface area (TPSA) is 67.2 Å². The summed E-state index contributed by atoms with van der Waals surface area (Å²) < 4.78 is 0. The molecule has 0 aliphatic carbocycles. The monoisotopic (exact) mass is 283 g/mol. The van der Waals surface area contributed by atoms with Gasteiger partial charge in [-0.15, -0.1) is 0 Å². The lowest BCUT2D eigenvalue weighted by molar-refractivity contribution is 0.102. The number of nitrogens with one attached hydrogen (secondary N) is 2. The Hall–Kier alpha value is -2.49. The molecule has 0 saturated carbocycles. The first-order valence-electron chi connectivity index (χ1n) is 7.00. The summed E-state index contributed by atoms with van der Waals surface area (Å²) in [5.74, 6) is -0.197. The predicted octanol–water partition coefficient (Wildman–Crippen LogP) is 3.65. The number of carbonyl (C=O) groups is 1. The molecule has 0 atom stereocenters. The normalized spacial score (nSPS) is 10.5. The van der Waals surface area contributed by atoms with Gasteiger partial charge in [-0.3, -0.25) is 4.79 Å². The van der Waals surface area contributed by atoms with Gasteiger partial charge in [-0.2, -0.15) is 0 Å². The number of nitrogen functional groups attached to an aromatic ring is 1. The Balaban J connectivity index is 2.15. The Morgan fingerprint density at radius 1 is 1.14 bits per heavy atom. The summed E-state index contributed by atoms with van der Waals surface area (Å²) in [5, 5.41) is 6.24. The highest BCUT2D eigenvalue weighted by Crippen LogP contribution is 2.21. The molecule has 0 spiro atoms. The zero-order valence-corrected chi connectivity index (χ0v) is 12.6. The Morgan fingerprint density at radius 2 is 1.86 bits per heavy atom. The van der Waals surface area contributed by atoms with Gasteiger partial charge in [0, 0.05) is 23.1 Å². The van der Waals surface area contributed by atoms with Gasteiger partial charge in [0.15, 0.2) is 0 Å². The van der Waals surface area contributed by atoms with Crippen molar-refractivity contribution in [2.75, 3.05) is 16.4 Å². The van der Waals surface area contributed by atoms with Gasteiger partial charge in [0.25, 0.3) is 5.91 Å². The second-order valence-electron chi connectivity index (χ2n) is 5.37. The predicted molar refractivity (Wildman–Crippen MR) is 88.7 cm³/mol. The summed E-state index contributed by atoms with van der Waals surface area (Å²) >= 11 is 0. The molecule has 2 rings (SSSR count). The number of hydrogen-bond donors (Lipinski definition) is 3. The molecule has 0 radical (unpaired) electrons. The van der Waals surface area contributed by atoms with Gasteiger partial charge in [0.05, 0.1) is 5.56 Å². The molecule has 0 fully saturated rings. The van der Waals surface area contributed by atoms with Crippen LogP contribution in [0.2, 0.25) is 0 Å². The molecule has 4 N–H and O–H groups in total. The number of nitrogens with two attached hydrogens (primary N) is 1. The third-order valence-corrected chi connectivity index (χ3v) is 3.13. The Bertz CT molecular complexity index is 650. The number of amides is 1. The number of benzene rings is 2. The second-order valence-corrected chi connectivity index (χ2v) is 5.37. The summed E-state index contributed by atoms with van der Waals surface area (Å²) in [6.45, 7) is 6.19. The SMILES string of the molecule is Cc1cc(NC(=O)c2ccccc2N)ccc1NC(C)C. The van der Waals surface area contributed by atoms with Crippen molar-refractivity contribution >= 4 is 23.0 Å². The van der Waals surface area contributed by atoms with Crippen LogP contribution in [0.3, 0.4) is 0 Å². The molecular formula is C17H21N3O. The van der Waals surface area contributed by atoms with Crippen LogP contribution in [-0.4, -0.2) is 11.9 Å². The first-order chi connectivity index (χ1) is 9.97. The Morgan fingerprint density at radius 3 is 2.48 bits per heavy atom. The first-order valence-corrected chi connectivity index (χ1v) is 7.00. The molecule has 0 aliphatic heterocycles. The molecular weight excluding hydrogens is 262 g/mol. The Kier molecular flexibility index (Phi) is 4.48. The van der Waals surface area contributed by atoms with Crippen LogP contribution in [-0.2, 0) is 0 Å². The van der Waals surface area contributed by atoms with Crippen molar-refractivity contribution < 1.29 is 4.79 Å². The minimum atomic E-state index is -0.197. The first kappa shape index (κ1) is 14.9. The van der Waals surface area contributed by atoms with E-state index in [-0.39, 0.29) is 5.91 Å². The van der Waals surface area contributed by atoms with Gasteiger partial charge < -0.3 is 16.4 Å². The molecule has 2 aromatic carbocycles. The number of aryl methyl sites for hydroxylation is 1. The number of carbonyl (C=O) groups excluding carboxylic acids is 1. The lowest BCUT2D eigenvalue weighted by Crippen LogP contribution is -2.14. The molecule has 4 heteroatoms. The fourth-order valence-corrected chi connectivity index (χ4v) is 2.12. The van der Waals surface area contributed by atoms with Crippen LogP contribution >= 0.6 is 0 Å². The minimum absolute atomic E-state index is 0.197. The molecule has 4 nitrogen and oxygen atoms in total. The van der Waals surface area contributed by atoms with Gasteiger partial charge in [-0.25, -0.2) is 0 Å². The molecule has 21 heavy (non-hydrogen) atoms. The molecule has 0 heterocycles. The van der Waals surface area contributed by atoms with Crippen LogP contribution in [0.25, 0.3) is 0 Å². The van der Waals surface area contributed by atoms with Gasteiger partial charge in [-0.1, -0.05) is 12.1 Å². The summed E-state index contributed by atoms with van der Waals surface area (Å²) in [6, 6.07) is 13.2. The summed E-state index contributed by atoms with van der Waals surface area (Å²) in [6.07, 6.45) is 0. The van der Waals surface area contributed by atoms with Crippen molar-refractivity contribution in [1.82, 2.24) is 0 Å². The lowest BCUT2D eigenvalue weighted by Gasteiger charge is -2.14. The maximum Gasteiger partial charge on any atom is 0.257 e. The van der Waals surface area contributed by atoms with Crippen LogP contribution in [0.4, 0.5) is 17.1 Å². The van der Waals surface area contributed by atoms with Crippen LogP contribution in [0.1, 0.15) is 29.8 Å². The van der Waals surface area contributed by atoms with Crippen molar-refractivity contribution in [2.24, 2.45) is 0 Å². The standard InChI is InChI=1S/C17H21N3O/c1-11(2)19-16-9-8-13(10-12(16)3)20-17(21)14-6-4-5-7-15(14)18/h4-11,19H,18H2,1-3H3,(H,20,21).